The van der Waals surface area contributed by atoms with Crippen molar-refractivity contribution < 1.29 is 14.3 Å². The molecule has 1 atom stereocenters. The summed E-state index contributed by atoms with van der Waals surface area (Å²) in [5.74, 6) is 0. The molecule has 1 amide bonds. The second-order valence-electron chi connectivity index (χ2n) is 6.74. The highest BCUT2D eigenvalue weighted by molar-refractivity contribution is 5.68. The highest BCUT2D eigenvalue weighted by Gasteiger charge is 2.29. The molecule has 1 aromatic heterocycles. The average Bonchev–Trinajstić information content (AvgIpc) is 2.35. The van der Waals surface area contributed by atoms with E-state index in [0.717, 1.165) is 24.2 Å². The van der Waals surface area contributed by atoms with Gasteiger partial charge in [0, 0.05) is 17.9 Å². The van der Waals surface area contributed by atoms with E-state index in [0.29, 0.717) is 19.1 Å². The van der Waals surface area contributed by atoms with E-state index < -0.39 is 5.60 Å². The number of amides is 1. The van der Waals surface area contributed by atoms with E-state index in [1.807, 2.05) is 40.7 Å². The number of carbonyl (C=O) groups is 1. The van der Waals surface area contributed by atoms with Crippen LogP contribution >= 0.6 is 0 Å². The van der Waals surface area contributed by atoms with Crippen LogP contribution in [-0.4, -0.2) is 45.8 Å². The zero-order valence-electron chi connectivity index (χ0n) is 14.0. The first kappa shape index (κ1) is 16.5. The molecule has 122 valence electrons. The molecule has 0 spiro atoms. The van der Waals surface area contributed by atoms with Crippen LogP contribution in [0.15, 0.2) is 6.07 Å². The first-order valence-corrected chi connectivity index (χ1v) is 7.70. The van der Waals surface area contributed by atoms with Crippen molar-refractivity contribution in [2.45, 2.75) is 59.2 Å². The second-order valence-corrected chi connectivity index (χ2v) is 6.74. The molecule has 0 radical (unpaired) electrons. The van der Waals surface area contributed by atoms with Gasteiger partial charge in [-0.2, -0.15) is 0 Å². The van der Waals surface area contributed by atoms with E-state index in [4.69, 9.17) is 9.47 Å². The highest BCUT2D eigenvalue weighted by atomic mass is 16.6. The van der Waals surface area contributed by atoms with Crippen LogP contribution in [0.3, 0.4) is 0 Å². The summed E-state index contributed by atoms with van der Waals surface area (Å²) in [4.78, 5) is 22.4. The van der Waals surface area contributed by atoms with Crippen LogP contribution < -0.4 is 4.74 Å². The van der Waals surface area contributed by atoms with Crippen molar-refractivity contribution in [3.63, 3.8) is 0 Å². The van der Waals surface area contributed by atoms with E-state index in [1.54, 1.807) is 4.90 Å². The summed E-state index contributed by atoms with van der Waals surface area (Å²) < 4.78 is 11.3. The summed E-state index contributed by atoms with van der Waals surface area (Å²) in [7, 11) is 0. The van der Waals surface area contributed by atoms with Gasteiger partial charge >= 0.3 is 12.1 Å². The van der Waals surface area contributed by atoms with E-state index in [2.05, 4.69) is 9.97 Å². The number of carbonyl (C=O) groups excluding carboxylic acids is 1. The van der Waals surface area contributed by atoms with Crippen LogP contribution in [0.2, 0.25) is 0 Å². The van der Waals surface area contributed by atoms with Gasteiger partial charge in [-0.15, -0.1) is 0 Å². The maximum atomic E-state index is 12.1. The monoisotopic (exact) mass is 307 g/mol. The number of nitrogens with zero attached hydrogens (tertiary/aromatic N) is 3. The summed E-state index contributed by atoms with van der Waals surface area (Å²) in [5.41, 5.74) is 1.27. The Labute approximate surface area is 131 Å². The topological polar surface area (TPSA) is 64.5 Å². The molecule has 0 bridgehead atoms. The molecule has 0 aliphatic carbocycles. The third kappa shape index (κ3) is 4.86. The molecule has 1 aliphatic rings. The summed E-state index contributed by atoms with van der Waals surface area (Å²) in [5, 5.41) is 0. The van der Waals surface area contributed by atoms with Gasteiger partial charge in [0.15, 0.2) is 0 Å². The van der Waals surface area contributed by atoms with Crippen LogP contribution in [-0.2, 0) is 4.74 Å². The van der Waals surface area contributed by atoms with Gasteiger partial charge in [-0.25, -0.2) is 14.8 Å². The smallest absolute Gasteiger partial charge is 0.410 e. The SMILES string of the molecule is Cc1cc(C)nc(O[C@@H]2CCCN(C(=O)OC(C)(C)C)C2)n1. The van der Waals surface area contributed by atoms with Crippen LogP contribution in [0.5, 0.6) is 6.01 Å². The standard InChI is InChI=1S/C16H25N3O3/c1-11-9-12(2)18-14(17-11)21-13-7-6-8-19(10-13)15(20)22-16(3,4)5/h9,13H,6-8,10H2,1-5H3/t13-/m1/s1. The van der Waals surface area contributed by atoms with Gasteiger partial charge in [0.25, 0.3) is 0 Å². The molecule has 0 saturated carbocycles. The third-order valence-electron chi connectivity index (χ3n) is 3.26. The summed E-state index contributed by atoms with van der Waals surface area (Å²) in [6.07, 6.45) is 1.38. The first-order valence-electron chi connectivity index (χ1n) is 7.70. The number of ether oxygens (including phenoxy) is 2. The maximum Gasteiger partial charge on any atom is 0.410 e. The van der Waals surface area contributed by atoms with Crippen LogP contribution in [0.1, 0.15) is 45.0 Å². The Morgan fingerprint density at radius 2 is 1.91 bits per heavy atom. The van der Waals surface area contributed by atoms with Gasteiger partial charge < -0.3 is 14.4 Å². The molecule has 2 heterocycles. The Hall–Kier alpha value is -1.85. The second kappa shape index (κ2) is 6.50. The molecule has 0 aromatic carbocycles. The predicted molar refractivity (Wildman–Crippen MR) is 83.0 cm³/mol. The normalized spacial score (nSPS) is 19.0. The van der Waals surface area contributed by atoms with Gasteiger partial charge in [-0.05, 0) is 53.5 Å². The van der Waals surface area contributed by atoms with E-state index >= 15 is 0 Å². The average molecular weight is 307 g/mol. The van der Waals surface area contributed by atoms with Crippen molar-refractivity contribution in [2.24, 2.45) is 0 Å². The minimum atomic E-state index is -0.484. The lowest BCUT2D eigenvalue weighted by Gasteiger charge is -2.33. The van der Waals surface area contributed by atoms with Crippen LogP contribution in [0, 0.1) is 13.8 Å². The third-order valence-corrected chi connectivity index (χ3v) is 3.26. The Morgan fingerprint density at radius 3 is 2.50 bits per heavy atom. The fourth-order valence-corrected chi connectivity index (χ4v) is 2.42. The Kier molecular flexibility index (Phi) is 4.88. The molecule has 1 aliphatic heterocycles. The summed E-state index contributed by atoms with van der Waals surface area (Å²) in [6.45, 7) is 10.6. The lowest BCUT2D eigenvalue weighted by atomic mass is 10.1. The Morgan fingerprint density at radius 1 is 1.27 bits per heavy atom. The van der Waals surface area contributed by atoms with E-state index in [-0.39, 0.29) is 12.2 Å². The number of rotatable bonds is 2. The molecule has 1 aromatic rings. The van der Waals surface area contributed by atoms with Crippen molar-refractivity contribution in [1.82, 2.24) is 14.9 Å². The van der Waals surface area contributed by atoms with Crippen molar-refractivity contribution in [3.05, 3.63) is 17.5 Å². The van der Waals surface area contributed by atoms with Gasteiger partial charge in [0.05, 0.1) is 6.54 Å². The van der Waals surface area contributed by atoms with Gasteiger partial charge in [-0.3, -0.25) is 0 Å². The van der Waals surface area contributed by atoms with Gasteiger partial charge in [0.2, 0.25) is 0 Å². The molecule has 6 nitrogen and oxygen atoms in total. The number of aryl methyl sites for hydroxylation is 2. The van der Waals surface area contributed by atoms with Crippen molar-refractivity contribution in [1.29, 1.82) is 0 Å². The number of aromatic nitrogens is 2. The molecule has 1 saturated heterocycles. The van der Waals surface area contributed by atoms with E-state index in [9.17, 15) is 4.79 Å². The quantitative estimate of drug-likeness (QED) is 0.840. The van der Waals surface area contributed by atoms with Crippen molar-refractivity contribution >= 4 is 6.09 Å². The van der Waals surface area contributed by atoms with Crippen molar-refractivity contribution in [3.8, 4) is 6.01 Å². The van der Waals surface area contributed by atoms with E-state index in [1.165, 1.54) is 0 Å². The maximum absolute atomic E-state index is 12.1. The number of hydrogen-bond acceptors (Lipinski definition) is 5. The molecular formula is C16H25N3O3. The lowest BCUT2D eigenvalue weighted by Crippen LogP contribution is -2.46. The largest absolute Gasteiger partial charge is 0.458 e. The summed E-state index contributed by atoms with van der Waals surface area (Å²) >= 11 is 0. The van der Waals surface area contributed by atoms with Gasteiger partial charge in [0.1, 0.15) is 11.7 Å². The molecule has 0 N–H and O–H groups in total. The Balaban J connectivity index is 1.97. The zero-order valence-corrected chi connectivity index (χ0v) is 14.0. The molecule has 22 heavy (non-hydrogen) atoms. The molecular weight excluding hydrogens is 282 g/mol. The number of piperidine rings is 1. The lowest BCUT2D eigenvalue weighted by molar-refractivity contribution is 0.00655. The van der Waals surface area contributed by atoms with Crippen LogP contribution in [0.4, 0.5) is 4.79 Å². The molecule has 2 rings (SSSR count). The zero-order chi connectivity index (χ0) is 16.3. The summed E-state index contributed by atoms with van der Waals surface area (Å²) in [6, 6.07) is 2.29. The number of likely N-dealkylation sites (tertiary alicyclic amines) is 1. The molecule has 1 fully saturated rings. The van der Waals surface area contributed by atoms with Gasteiger partial charge in [-0.1, -0.05) is 0 Å². The fraction of sp³-hybridized carbons (Fsp3) is 0.688. The number of hydrogen-bond donors (Lipinski definition) is 0. The molecule has 6 heteroatoms. The minimum Gasteiger partial charge on any atom is -0.458 e. The Bertz CT molecular complexity index is 520. The minimum absolute atomic E-state index is 0.0949. The highest BCUT2D eigenvalue weighted by Crippen LogP contribution is 2.18. The van der Waals surface area contributed by atoms with Crippen LogP contribution in [0.25, 0.3) is 0 Å². The predicted octanol–water partition coefficient (Wildman–Crippen LogP) is 2.87. The first-order chi connectivity index (χ1) is 10.2. The molecule has 0 unspecified atom stereocenters. The van der Waals surface area contributed by atoms with Crippen molar-refractivity contribution in [2.75, 3.05) is 13.1 Å². The fourth-order valence-electron chi connectivity index (χ4n) is 2.42.